The molecule has 2 heterocycles. The normalized spacial score (nSPS) is 19.3. The third kappa shape index (κ3) is 6.90. The van der Waals surface area contributed by atoms with E-state index in [1.807, 2.05) is 30.0 Å². The lowest BCUT2D eigenvalue weighted by molar-refractivity contribution is -0.139. The number of halogens is 2. The fourth-order valence-electron chi connectivity index (χ4n) is 5.12. The van der Waals surface area contributed by atoms with E-state index in [4.69, 9.17) is 16.3 Å². The zero-order valence-electron chi connectivity index (χ0n) is 20.4. The molecule has 3 aromatic rings. The second kappa shape index (κ2) is 12.7. The van der Waals surface area contributed by atoms with Gasteiger partial charge in [-0.1, -0.05) is 29.8 Å². The highest BCUT2D eigenvalue weighted by molar-refractivity contribution is 7.99. The van der Waals surface area contributed by atoms with Gasteiger partial charge in [0.1, 0.15) is 11.9 Å². The molecule has 36 heavy (non-hydrogen) atoms. The van der Waals surface area contributed by atoms with Crippen molar-refractivity contribution in [2.75, 3.05) is 32.5 Å². The zero-order valence-corrected chi connectivity index (χ0v) is 22.0. The summed E-state index contributed by atoms with van der Waals surface area (Å²) in [6.07, 6.45) is 2.13. The van der Waals surface area contributed by atoms with E-state index in [1.165, 1.54) is 11.1 Å². The van der Waals surface area contributed by atoms with Gasteiger partial charge in [-0.25, -0.2) is 4.39 Å². The number of aliphatic carboxylic acids is 1. The first kappa shape index (κ1) is 26.7. The van der Waals surface area contributed by atoms with Crippen LogP contribution in [0.15, 0.2) is 59.6 Å². The number of alkyl halides is 1. The van der Waals surface area contributed by atoms with Crippen LogP contribution in [0.5, 0.6) is 5.75 Å². The first-order valence-electron chi connectivity index (χ1n) is 12.3. The average Bonchev–Trinajstić information content (AvgIpc) is 2.88. The number of methoxy groups -OCH3 is 1. The number of rotatable bonds is 11. The van der Waals surface area contributed by atoms with Gasteiger partial charge in [0.15, 0.2) is 0 Å². The molecular formula is C28H32ClFN2O3S. The summed E-state index contributed by atoms with van der Waals surface area (Å²) in [6.45, 7) is 2.55. The summed E-state index contributed by atoms with van der Waals surface area (Å²) < 4.78 is 20.9. The second-order valence-corrected chi connectivity index (χ2v) is 10.9. The van der Waals surface area contributed by atoms with Crippen LogP contribution in [0.3, 0.4) is 0 Å². The van der Waals surface area contributed by atoms with Crippen molar-refractivity contribution in [3.63, 3.8) is 0 Å². The quantitative estimate of drug-likeness (QED) is 0.272. The number of aromatic nitrogens is 1. The molecule has 1 aromatic heterocycles. The van der Waals surface area contributed by atoms with Gasteiger partial charge < -0.3 is 14.7 Å². The molecular weight excluding hydrogens is 499 g/mol. The lowest BCUT2D eigenvalue weighted by Gasteiger charge is -2.38. The summed E-state index contributed by atoms with van der Waals surface area (Å²) in [5, 5.41) is 10.5. The number of nitrogens with zero attached hydrogens (tertiary/aromatic N) is 2. The Labute approximate surface area is 221 Å². The van der Waals surface area contributed by atoms with E-state index in [1.54, 1.807) is 25.3 Å². The molecule has 1 aliphatic heterocycles. The summed E-state index contributed by atoms with van der Waals surface area (Å²) in [5.41, 5.74) is 1.11. The largest absolute Gasteiger partial charge is 0.497 e. The maximum absolute atomic E-state index is 15.6. The smallest absolute Gasteiger partial charge is 0.303 e. The van der Waals surface area contributed by atoms with Crippen LogP contribution in [0.4, 0.5) is 4.39 Å². The molecule has 1 fully saturated rings. The van der Waals surface area contributed by atoms with Crippen molar-refractivity contribution in [2.45, 2.75) is 36.8 Å². The SMILES string of the molecule is COc1ccc2ncc(Cl)c([C@@H](F)CC[C@@H]3CCN(CCSc4ccccc4)C[C@@H]3CC(=O)O)c2c1. The van der Waals surface area contributed by atoms with E-state index in [2.05, 4.69) is 22.0 Å². The maximum Gasteiger partial charge on any atom is 0.303 e. The minimum Gasteiger partial charge on any atom is -0.497 e. The molecule has 0 unspecified atom stereocenters. The van der Waals surface area contributed by atoms with Crippen molar-refractivity contribution in [3.8, 4) is 5.75 Å². The summed E-state index contributed by atoms with van der Waals surface area (Å²) in [6, 6.07) is 15.7. The number of carboxylic acids is 1. The number of carboxylic acid groups (broad SMARTS) is 1. The maximum atomic E-state index is 15.6. The molecule has 0 aliphatic carbocycles. The van der Waals surface area contributed by atoms with E-state index >= 15 is 4.39 Å². The Morgan fingerprint density at radius 2 is 2.08 bits per heavy atom. The van der Waals surface area contributed by atoms with E-state index in [0.717, 1.165) is 31.8 Å². The first-order chi connectivity index (χ1) is 17.4. The van der Waals surface area contributed by atoms with E-state index in [9.17, 15) is 9.90 Å². The number of fused-ring (bicyclic) bond motifs is 1. The molecule has 5 nitrogen and oxygen atoms in total. The molecule has 4 rings (SSSR count). The highest BCUT2D eigenvalue weighted by Crippen LogP contribution is 2.39. The van der Waals surface area contributed by atoms with Gasteiger partial charge in [-0.2, -0.15) is 0 Å². The third-order valence-corrected chi connectivity index (χ3v) is 8.30. The van der Waals surface area contributed by atoms with Gasteiger partial charge in [0.05, 0.1) is 17.6 Å². The van der Waals surface area contributed by atoms with Gasteiger partial charge in [-0.05, 0) is 68.0 Å². The van der Waals surface area contributed by atoms with Crippen LogP contribution in [0, 0.1) is 11.8 Å². The summed E-state index contributed by atoms with van der Waals surface area (Å²) in [5.74, 6) is 0.962. The fraction of sp³-hybridized carbons (Fsp3) is 0.429. The lowest BCUT2D eigenvalue weighted by Crippen LogP contribution is -2.42. The standard InChI is InChI=1S/C28H32ClFN2O3S/c1-35-21-8-10-26-23(16-21)28(24(29)17-31-26)25(30)9-7-19-11-12-32(18-20(19)15-27(33)34)13-14-36-22-5-3-2-4-6-22/h2-6,8,10,16-17,19-20,25H,7,9,11-15,18H2,1H3,(H,33,34)/t19-,20+,25+/m1/s1. The van der Waals surface area contributed by atoms with Crippen molar-refractivity contribution in [1.29, 1.82) is 0 Å². The number of carbonyl (C=O) groups is 1. The van der Waals surface area contributed by atoms with Gasteiger partial charge in [0.25, 0.3) is 0 Å². The Morgan fingerprint density at radius 3 is 2.83 bits per heavy atom. The number of piperidine rings is 1. The molecule has 1 aliphatic rings. The molecule has 192 valence electrons. The summed E-state index contributed by atoms with van der Waals surface area (Å²) >= 11 is 8.21. The van der Waals surface area contributed by atoms with Crippen molar-refractivity contribution in [1.82, 2.24) is 9.88 Å². The number of ether oxygens (including phenoxy) is 1. The monoisotopic (exact) mass is 530 g/mol. The van der Waals surface area contributed by atoms with Crippen LogP contribution in [-0.2, 0) is 4.79 Å². The Morgan fingerprint density at radius 1 is 1.28 bits per heavy atom. The van der Waals surface area contributed by atoms with Gasteiger partial charge in [0.2, 0.25) is 0 Å². The molecule has 8 heteroatoms. The molecule has 3 atom stereocenters. The Kier molecular flexibility index (Phi) is 9.46. The van der Waals surface area contributed by atoms with Crippen molar-refractivity contribution in [3.05, 3.63) is 65.3 Å². The van der Waals surface area contributed by atoms with Gasteiger partial charge in [-0.3, -0.25) is 9.78 Å². The number of hydrogen-bond acceptors (Lipinski definition) is 5. The third-order valence-electron chi connectivity index (χ3n) is 7.00. The van der Waals surface area contributed by atoms with Crippen LogP contribution < -0.4 is 4.74 Å². The van der Waals surface area contributed by atoms with Crippen LogP contribution in [0.25, 0.3) is 10.9 Å². The van der Waals surface area contributed by atoms with Crippen molar-refractivity contribution >= 4 is 40.2 Å². The zero-order chi connectivity index (χ0) is 25.5. The number of likely N-dealkylation sites (tertiary alicyclic amines) is 1. The van der Waals surface area contributed by atoms with E-state index in [0.29, 0.717) is 40.1 Å². The predicted molar refractivity (Wildman–Crippen MR) is 144 cm³/mol. The van der Waals surface area contributed by atoms with Gasteiger partial charge in [-0.15, -0.1) is 11.8 Å². The minimum atomic E-state index is -1.26. The lowest BCUT2D eigenvalue weighted by atomic mass is 9.79. The number of hydrogen-bond donors (Lipinski definition) is 1. The molecule has 0 amide bonds. The first-order valence-corrected chi connectivity index (χ1v) is 13.7. The molecule has 0 spiro atoms. The van der Waals surface area contributed by atoms with Crippen LogP contribution in [-0.4, -0.2) is 53.5 Å². The Bertz CT molecular complexity index is 1170. The topological polar surface area (TPSA) is 62.7 Å². The van der Waals surface area contributed by atoms with Crippen molar-refractivity contribution in [2.24, 2.45) is 11.8 Å². The number of thioether (sulfide) groups is 1. The Hall–Kier alpha value is -2.35. The summed E-state index contributed by atoms with van der Waals surface area (Å²) in [7, 11) is 1.57. The highest BCUT2D eigenvalue weighted by Gasteiger charge is 2.31. The molecule has 0 bridgehead atoms. The molecule has 0 saturated carbocycles. The van der Waals surface area contributed by atoms with Gasteiger partial charge in [0, 0.05) is 47.3 Å². The van der Waals surface area contributed by atoms with Crippen LogP contribution >= 0.6 is 23.4 Å². The predicted octanol–water partition coefficient (Wildman–Crippen LogP) is 6.89. The summed E-state index contributed by atoms with van der Waals surface area (Å²) in [4.78, 5) is 19.5. The number of benzene rings is 2. The van der Waals surface area contributed by atoms with Crippen LogP contribution in [0.2, 0.25) is 5.02 Å². The fourth-order valence-corrected chi connectivity index (χ4v) is 6.33. The van der Waals surface area contributed by atoms with Crippen molar-refractivity contribution < 1.29 is 19.0 Å². The van der Waals surface area contributed by atoms with E-state index in [-0.39, 0.29) is 18.3 Å². The average molecular weight is 531 g/mol. The minimum absolute atomic E-state index is 0.00919. The molecule has 2 aromatic carbocycles. The molecule has 0 radical (unpaired) electrons. The van der Waals surface area contributed by atoms with E-state index < -0.39 is 12.1 Å². The van der Waals surface area contributed by atoms with Gasteiger partial charge >= 0.3 is 5.97 Å². The Balaban J connectivity index is 1.38. The van der Waals surface area contributed by atoms with Crippen LogP contribution in [0.1, 0.15) is 37.4 Å². The highest BCUT2D eigenvalue weighted by atomic mass is 35.5. The second-order valence-electron chi connectivity index (χ2n) is 9.32. The molecule has 1 N–H and O–H groups in total. The number of pyridine rings is 1. The molecule has 1 saturated heterocycles.